The van der Waals surface area contributed by atoms with Crippen molar-refractivity contribution in [2.24, 2.45) is 0 Å². The molecular weight excluding hydrogens is 399 g/mol. The van der Waals surface area contributed by atoms with Crippen molar-refractivity contribution >= 4 is 13.6 Å². The number of carbonyl (C=O) groups excluding carboxylic acids is 1. The molecule has 0 fully saturated rings. The molecule has 0 radical (unpaired) electrons. The molecule has 6 heteroatoms. The van der Waals surface area contributed by atoms with Gasteiger partial charge in [-0.1, -0.05) is 99.7 Å². The summed E-state index contributed by atoms with van der Waals surface area (Å²) in [5, 5.41) is 0. The standard InChI is InChI=1S/C24H33O5P/c1-2-3-4-5-6-13-18-24(25)21-29-30(26,27-19-22-14-9-7-10-15-22)28-20-23-16-11-8-12-17-23/h7-12,14-17H,2-6,13,18-21H2,1H3. The van der Waals surface area contributed by atoms with E-state index in [0.29, 0.717) is 6.42 Å². The molecule has 0 bridgehead atoms. The summed E-state index contributed by atoms with van der Waals surface area (Å²) >= 11 is 0. The average Bonchev–Trinajstić information content (AvgIpc) is 2.79. The van der Waals surface area contributed by atoms with Gasteiger partial charge in [-0.3, -0.25) is 18.4 Å². The molecule has 0 aliphatic heterocycles. The number of ketones is 1. The van der Waals surface area contributed by atoms with Gasteiger partial charge in [0.1, 0.15) is 6.61 Å². The third-order valence-electron chi connectivity index (χ3n) is 4.66. The van der Waals surface area contributed by atoms with Gasteiger partial charge in [0.25, 0.3) is 0 Å². The Hall–Kier alpha value is -1.78. The van der Waals surface area contributed by atoms with Crippen molar-refractivity contribution < 1.29 is 22.9 Å². The summed E-state index contributed by atoms with van der Waals surface area (Å²) in [4.78, 5) is 12.2. The monoisotopic (exact) mass is 432 g/mol. The van der Waals surface area contributed by atoms with Crippen molar-refractivity contribution in [1.29, 1.82) is 0 Å². The van der Waals surface area contributed by atoms with Gasteiger partial charge in [0.2, 0.25) is 0 Å². The molecule has 0 atom stereocenters. The minimum absolute atomic E-state index is 0.0819. The molecule has 5 nitrogen and oxygen atoms in total. The van der Waals surface area contributed by atoms with Crippen molar-refractivity contribution in [3.05, 3.63) is 71.8 Å². The second kappa shape index (κ2) is 14.3. The lowest BCUT2D eigenvalue weighted by molar-refractivity contribution is -0.121. The second-order valence-corrected chi connectivity index (χ2v) is 8.96. The summed E-state index contributed by atoms with van der Waals surface area (Å²) in [5.41, 5.74) is 1.70. The molecule has 2 aromatic rings. The molecule has 2 aromatic carbocycles. The maximum Gasteiger partial charge on any atom is 0.475 e. The van der Waals surface area contributed by atoms with Gasteiger partial charge in [-0.15, -0.1) is 0 Å². The zero-order chi connectivity index (χ0) is 21.5. The van der Waals surface area contributed by atoms with Crippen molar-refractivity contribution in [2.45, 2.75) is 65.1 Å². The molecule has 0 aromatic heterocycles. The van der Waals surface area contributed by atoms with Crippen LogP contribution in [0.3, 0.4) is 0 Å². The second-order valence-electron chi connectivity index (χ2n) is 7.30. The van der Waals surface area contributed by atoms with Crippen LogP contribution in [0.4, 0.5) is 0 Å². The SMILES string of the molecule is CCCCCCCCC(=O)COP(=O)(OCc1ccccc1)OCc1ccccc1. The molecule has 0 aliphatic rings. The van der Waals surface area contributed by atoms with Gasteiger partial charge in [0.15, 0.2) is 5.78 Å². The van der Waals surface area contributed by atoms with Crippen LogP contribution in [-0.2, 0) is 36.1 Å². The number of benzene rings is 2. The normalized spacial score (nSPS) is 11.5. The third-order valence-corrected chi connectivity index (χ3v) is 5.99. The number of carbonyl (C=O) groups is 1. The molecule has 2 rings (SSSR count). The summed E-state index contributed by atoms with van der Waals surface area (Å²) < 4.78 is 29.5. The van der Waals surface area contributed by atoms with Crippen LogP contribution in [0.5, 0.6) is 0 Å². The van der Waals surface area contributed by atoms with Crippen LogP contribution in [0, 0.1) is 0 Å². The summed E-state index contributed by atoms with van der Waals surface area (Å²) in [5.74, 6) is -0.0858. The molecule has 0 N–H and O–H groups in total. The van der Waals surface area contributed by atoms with Gasteiger partial charge in [0.05, 0.1) is 13.2 Å². The zero-order valence-corrected chi connectivity index (χ0v) is 18.7. The van der Waals surface area contributed by atoms with E-state index in [-0.39, 0.29) is 25.6 Å². The van der Waals surface area contributed by atoms with Crippen molar-refractivity contribution in [3.63, 3.8) is 0 Å². The Kier molecular flexibility index (Phi) is 11.6. The summed E-state index contributed by atoms with van der Waals surface area (Å²) in [6.07, 6.45) is 7.05. The largest absolute Gasteiger partial charge is 0.475 e. The van der Waals surface area contributed by atoms with Gasteiger partial charge in [0, 0.05) is 6.42 Å². The first-order chi connectivity index (χ1) is 14.6. The van der Waals surface area contributed by atoms with E-state index < -0.39 is 7.82 Å². The highest BCUT2D eigenvalue weighted by molar-refractivity contribution is 7.48. The van der Waals surface area contributed by atoms with Crippen LogP contribution in [0.1, 0.15) is 63.0 Å². The smallest absolute Gasteiger partial charge is 0.297 e. The Balaban J connectivity index is 1.83. The van der Waals surface area contributed by atoms with Crippen LogP contribution in [-0.4, -0.2) is 12.4 Å². The van der Waals surface area contributed by atoms with Crippen LogP contribution >= 0.6 is 7.82 Å². The molecular formula is C24H33O5P. The highest BCUT2D eigenvalue weighted by Crippen LogP contribution is 2.50. The van der Waals surface area contributed by atoms with Gasteiger partial charge in [-0.2, -0.15) is 0 Å². The van der Waals surface area contributed by atoms with E-state index in [4.69, 9.17) is 13.6 Å². The maximum absolute atomic E-state index is 13.1. The predicted octanol–water partition coefficient (Wildman–Crippen LogP) is 6.86. The van der Waals surface area contributed by atoms with Crippen molar-refractivity contribution in [1.82, 2.24) is 0 Å². The number of Topliss-reactive ketones (excluding diaryl/α,β-unsaturated/α-hetero) is 1. The molecule has 0 amide bonds. The van der Waals surface area contributed by atoms with E-state index in [1.54, 1.807) is 0 Å². The Morgan fingerprint density at radius 1 is 0.733 bits per heavy atom. The first-order valence-corrected chi connectivity index (χ1v) is 12.2. The first-order valence-electron chi connectivity index (χ1n) is 10.7. The van der Waals surface area contributed by atoms with Gasteiger partial charge < -0.3 is 0 Å². The summed E-state index contributed by atoms with van der Waals surface area (Å²) in [6, 6.07) is 18.8. The van der Waals surface area contributed by atoms with Crippen LogP contribution in [0.2, 0.25) is 0 Å². The molecule has 30 heavy (non-hydrogen) atoms. The fourth-order valence-corrected chi connectivity index (χ4v) is 4.03. The quantitative estimate of drug-likeness (QED) is 0.214. The Morgan fingerprint density at radius 3 is 1.77 bits per heavy atom. The number of phosphoric acid groups is 1. The van der Waals surface area contributed by atoms with E-state index in [1.165, 1.54) is 19.3 Å². The number of hydrogen-bond acceptors (Lipinski definition) is 5. The van der Waals surface area contributed by atoms with Gasteiger partial charge in [-0.25, -0.2) is 4.57 Å². The number of phosphoric ester groups is 1. The predicted molar refractivity (Wildman–Crippen MR) is 119 cm³/mol. The fraction of sp³-hybridized carbons (Fsp3) is 0.458. The number of rotatable bonds is 16. The highest BCUT2D eigenvalue weighted by atomic mass is 31.2. The first kappa shape index (κ1) is 24.5. The zero-order valence-electron chi connectivity index (χ0n) is 17.8. The topological polar surface area (TPSA) is 61.8 Å². The average molecular weight is 432 g/mol. The lowest BCUT2D eigenvalue weighted by atomic mass is 10.1. The lowest BCUT2D eigenvalue weighted by Crippen LogP contribution is -2.10. The van der Waals surface area contributed by atoms with Crippen LogP contribution in [0.25, 0.3) is 0 Å². The van der Waals surface area contributed by atoms with Crippen LogP contribution < -0.4 is 0 Å². The molecule has 164 valence electrons. The van der Waals surface area contributed by atoms with Crippen molar-refractivity contribution in [3.8, 4) is 0 Å². The fourth-order valence-electron chi connectivity index (χ4n) is 2.89. The van der Waals surface area contributed by atoms with Gasteiger partial charge in [-0.05, 0) is 17.5 Å². The Bertz CT molecular complexity index is 716. The Labute approximate surface area is 180 Å². The summed E-state index contributed by atoms with van der Waals surface area (Å²) in [6.45, 7) is 2.08. The Morgan fingerprint density at radius 2 is 1.23 bits per heavy atom. The van der Waals surface area contributed by atoms with E-state index in [2.05, 4.69) is 6.92 Å². The van der Waals surface area contributed by atoms with E-state index in [1.807, 2.05) is 60.7 Å². The highest BCUT2D eigenvalue weighted by Gasteiger charge is 2.28. The van der Waals surface area contributed by atoms with E-state index >= 15 is 0 Å². The lowest BCUT2D eigenvalue weighted by Gasteiger charge is -2.18. The minimum atomic E-state index is -3.88. The molecule has 0 saturated carbocycles. The minimum Gasteiger partial charge on any atom is -0.297 e. The number of hydrogen-bond donors (Lipinski definition) is 0. The molecule has 0 heterocycles. The van der Waals surface area contributed by atoms with Crippen molar-refractivity contribution in [2.75, 3.05) is 6.61 Å². The number of unbranched alkanes of at least 4 members (excludes halogenated alkanes) is 5. The maximum atomic E-state index is 13.1. The molecule has 0 unspecified atom stereocenters. The molecule has 0 aliphatic carbocycles. The molecule has 0 spiro atoms. The summed E-state index contributed by atoms with van der Waals surface area (Å²) in [7, 11) is -3.88. The third kappa shape index (κ3) is 10.3. The van der Waals surface area contributed by atoms with Gasteiger partial charge >= 0.3 is 7.82 Å². The van der Waals surface area contributed by atoms with Crippen LogP contribution in [0.15, 0.2) is 60.7 Å². The van der Waals surface area contributed by atoms with E-state index in [0.717, 1.165) is 30.4 Å². The molecule has 0 saturated heterocycles. The van der Waals surface area contributed by atoms with E-state index in [9.17, 15) is 9.36 Å².